The summed E-state index contributed by atoms with van der Waals surface area (Å²) in [6, 6.07) is 5.26. The number of aryl methyl sites for hydroxylation is 1. The average molecular weight is 320 g/mol. The summed E-state index contributed by atoms with van der Waals surface area (Å²) in [5, 5.41) is 7.50. The fourth-order valence-electron chi connectivity index (χ4n) is 1.32. The van der Waals surface area contributed by atoms with Crippen molar-refractivity contribution in [2.45, 2.75) is 6.92 Å². The number of hydrogen-bond acceptors (Lipinski definition) is 3. The van der Waals surface area contributed by atoms with Crippen molar-refractivity contribution in [3.05, 3.63) is 49.1 Å². The smallest absolute Gasteiger partial charge is 0.0935 e. The standard InChI is InChI=1S/C12H9Cl3N2S/c1-7-2-3-18-11(7)6-16-17-12-9(14)4-8(13)5-10(12)15/h2-6,17H,1H3/b16-6+. The summed E-state index contributed by atoms with van der Waals surface area (Å²) >= 11 is 19.5. The first-order valence-electron chi connectivity index (χ1n) is 5.05. The Balaban J connectivity index is 2.16. The SMILES string of the molecule is Cc1ccsc1/C=N/Nc1c(Cl)cc(Cl)cc1Cl. The van der Waals surface area contributed by atoms with Crippen LogP contribution in [0.4, 0.5) is 5.69 Å². The molecular formula is C12H9Cl3N2S. The molecule has 0 unspecified atom stereocenters. The van der Waals surface area contributed by atoms with Gasteiger partial charge in [-0.2, -0.15) is 5.10 Å². The maximum absolute atomic E-state index is 6.02. The van der Waals surface area contributed by atoms with Gasteiger partial charge >= 0.3 is 0 Å². The van der Waals surface area contributed by atoms with Gasteiger partial charge in [0.25, 0.3) is 0 Å². The van der Waals surface area contributed by atoms with Crippen molar-refractivity contribution in [3.8, 4) is 0 Å². The largest absolute Gasteiger partial charge is 0.275 e. The average Bonchev–Trinajstić information content (AvgIpc) is 2.68. The maximum Gasteiger partial charge on any atom is 0.0935 e. The molecule has 0 spiro atoms. The zero-order valence-corrected chi connectivity index (χ0v) is 12.5. The van der Waals surface area contributed by atoms with E-state index in [0.29, 0.717) is 20.8 Å². The minimum absolute atomic E-state index is 0.438. The molecule has 94 valence electrons. The molecule has 0 saturated heterocycles. The fourth-order valence-corrected chi connectivity index (χ4v) is 3.01. The second kappa shape index (κ2) is 5.93. The van der Waals surface area contributed by atoms with Crippen LogP contribution in [0.5, 0.6) is 0 Å². The highest BCUT2D eigenvalue weighted by Gasteiger charge is 2.06. The van der Waals surface area contributed by atoms with E-state index in [1.807, 2.05) is 18.4 Å². The lowest BCUT2D eigenvalue weighted by Gasteiger charge is -2.06. The molecule has 0 bridgehead atoms. The zero-order valence-electron chi connectivity index (χ0n) is 9.38. The summed E-state index contributed by atoms with van der Waals surface area (Å²) in [5.41, 5.74) is 4.56. The number of nitrogens with one attached hydrogen (secondary N) is 1. The van der Waals surface area contributed by atoms with Crippen LogP contribution in [0.2, 0.25) is 15.1 Å². The Morgan fingerprint density at radius 3 is 2.44 bits per heavy atom. The van der Waals surface area contributed by atoms with Crippen molar-refractivity contribution in [3.63, 3.8) is 0 Å². The van der Waals surface area contributed by atoms with Crippen molar-refractivity contribution in [2.24, 2.45) is 5.10 Å². The van der Waals surface area contributed by atoms with E-state index in [0.717, 1.165) is 4.88 Å². The van der Waals surface area contributed by atoms with Gasteiger partial charge < -0.3 is 0 Å². The van der Waals surface area contributed by atoms with Crippen LogP contribution in [0, 0.1) is 6.92 Å². The third kappa shape index (κ3) is 3.18. The lowest BCUT2D eigenvalue weighted by molar-refractivity contribution is 1.35. The van der Waals surface area contributed by atoms with E-state index in [1.54, 1.807) is 29.7 Å². The summed E-state index contributed by atoms with van der Waals surface area (Å²) in [7, 11) is 0. The number of hydrazone groups is 1. The molecule has 0 aliphatic carbocycles. The van der Waals surface area contributed by atoms with E-state index in [2.05, 4.69) is 10.5 Å². The molecule has 0 amide bonds. The van der Waals surface area contributed by atoms with Crippen LogP contribution in [0.25, 0.3) is 0 Å². The first-order chi connectivity index (χ1) is 8.58. The number of thiophene rings is 1. The van der Waals surface area contributed by atoms with Crippen molar-refractivity contribution >= 4 is 58.0 Å². The predicted octanol–water partition coefficient (Wildman–Crippen LogP) is 5.46. The molecular weight excluding hydrogens is 311 g/mol. The number of nitrogens with zero attached hydrogens (tertiary/aromatic N) is 1. The van der Waals surface area contributed by atoms with Gasteiger partial charge in [-0.25, -0.2) is 0 Å². The predicted molar refractivity (Wildman–Crippen MR) is 81.7 cm³/mol. The Bertz CT molecular complexity index is 570. The number of halogens is 3. The third-order valence-electron chi connectivity index (χ3n) is 2.27. The van der Waals surface area contributed by atoms with E-state index < -0.39 is 0 Å². The molecule has 2 aromatic rings. The summed E-state index contributed by atoms with van der Waals surface area (Å²) in [6.45, 7) is 2.03. The van der Waals surface area contributed by atoms with Gasteiger partial charge in [0.05, 0.1) is 21.9 Å². The summed E-state index contributed by atoms with van der Waals surface area (Å²) < 4.78 is 0. The van der Waals surface area contributed by atoms with Crippen LogP contribution in [0.3, 0.4) is 0 Å². The Kier molecular flexibility index (Phi) is 4.51. The third-order valence-corrected chi connectivity index (χ3v) is 4.03. The molecule has 1 N–H and O–H groups in total. The van der Waals surface area contributed by atoms with E-state index in [1.165, 1.54) is 5.56 Å². The summed E-state index contributed by atoms with van der Waals surface area (Å²) in [5.74, 6) is 0. The topological polar surface area (TPSA) is 24.4 Å². The highest BCUT2D eigenvalue weighted by atomic mass is 35.5. The number of rotatable bonds is 3. The van der Waals surface area contributed by atoms with Crippen molar-refractivity contribution in [2.75, 3.05) is 5.43 Å². The second-order valence-electron chi connectivity index (χ2n) is 3.58. The zero-order chi connectivity index (χ0) is 13.1. The number of anilines is 1. The Labute approximate surface area is 124 Å². The molecule has 1 aromatic carbocycles. The molecule has 6 heteroatoms. The molecule has 0 radical (unpaired) electrons. The molecule has 1 heterocycles. The van der Waals surface area contributed by atoms with Crippen molar-refractivity contribution in [1.29, 1.82) is 0 Å². The molecule has 1 aromatic heterocycles. The van der Waals surface area contributed by atoms with Crippen LogP contribution >= 0.6 is 46.1 Å². The highest BCUT2D eigenvalue weighted by Crippen LogP contribution is 2.33. The first-order valence-corrected chi connectivity index (χ1v) is 7.07. The fraction of sp³-hybridized carbons (Fsp3) is 0.0833. The highest BCUT2D eigenvalue weighted by molar-refractivity contribution is 7.11. The minimum atomic E-state index is 0.438. The molecule has 2 nitrogen and oxygen atoms in total. The molecule has 18 heavy (non-hydrogen) atoms. The van der Waals surface area contributed by atoms with Gasteiger partial charge in [0.1, 0.15) is 0 Å². The van der Waals surface area contributed by atoms with Crippen LogP contribution in [0.15, 0.2) is 28.7 Å². The molecule has 0 aliphatic heterocycles. The number of hydrogen-bond donors (Lipinski definition) is 1. The molecule has 2 rings (SSSR count). The molecule has 0 aliphatic rings. The minimum Gasteiger partial charge on any atom is -0.275 e. The normalized spacial score (nSPS) is 11.1. The Morgan fingerprint density at radius 2 is 1.89 bits per heavy atom. The number of benzene rings is 1. The van der Waals surface area contributed by atoms with Gasteiger partial charge in [-0.15, -0.1) is 11.3 Å². The van der Waals surface area contributed by atoms with Gasteiger partial charge in [0, 0.05) is 9.90 Å². The van der Waals surface area contributed by atoms with Crippen LogP contribution < -0.4 is 5.43 Å². The lowest BCUT2D eigenvalue weighted by atomic mass is 10.3. The second-order valence-corrected chi connectivity index (χ2v) is 5.78. The Hall–Kier alpha value is -0.740. The van der Waals surface area contributed by atoms with Gasteiger partial charge in [-0.05, 0) is 36.1 Å². The van der Waals surface area contributed by atoms with E-state index in [9.17, 15) is 0 Å². The van der Waals surface area contributed by atoms with Crippen LogP contribution in [-0.2, 0) is 0 Å². The van der Waals surface area contributed by atoms with Crippen LogP contribution in [-0.4, -0.2) is 6.21 Å². The van der Waals surface area contributed by atoms with Crippen molar-refractivity contribution in [1.82, 2.24) is 0 Å². The molecule has 0 fully saturated rings. The molecule has 0 atom stereocenters. The maximum atomic E-state index is 6.02. The van der Waals surface area contributed by atoms with Crippen molar-refractivity contribution < 1.29 is 0 Å². The van der Waals surface area contributed by atoms with Gasteiger partial charge in [0.2, 0.25) is 0 Å². The van der Waals surface area contributed by atoms with Gasteiger partial charge in [0.15, 0.2) is 0 Å². The van der Waals surface area contributed by atoms with E-state index in [4.69, 9.17) is 34.8 Å². The Morgan fingerprint density at radius 1 is 1.22 bits per heavy atom. The van der Waals surface area contributed by atoms with E-state index >= 15 is 0 Å². The van der Waals surface area contributed by atoms with E-state index in [-0.39, 0.29) is 0 Å². The van der Waals surface area contributed by atoms with Crippen LogP contribution in [0.1, 0.15) is 10.4 Å². The van der Waals surface area contributed by atoms with Gasteiger partial charge in [-0.3, -0.25) is 5.43 Å². The lowest BCUT2D eigenvalue weighted by Crippen LogP contribution is -1.92. The summed E-state index contributed by atoms with van der Waals surface area (Å²) in [6.07, 6.45) is 1.74. The summed E-state index contributed by atoms with van der Waals surface area (Å²) in [4.78, 5) is 1.09. The quantitative estimate of drug-likeness (QED) is 0.589. The van der Waals surface area contributed by atoms with Gasteiger partial charge in [-0.1, -0.05) is 34.8 Å². The monoisotopic (exact) mass is 318 g/mol. The molecule has 0 saturated carbocycles. The first kappa shape index (κ1) is 13.7.